The van der Waals surface area contributed by atoms with E-state index in [9.17, 15) is 4.79 Å². The summed E-state index contributed by atoms with van der Waals surface area (Å²) >= 11 is 0. The van der Waals surface area contributed by atoms with Gasteiger partial charge in [-0.3, -0.25) is 9.79 Å². The molecule has 2 N–H and O–H groups in total. The standard InChI is InChI=1S/C24H34N4O3/c1-7-17(2)27-23(29)19-10-8-18(9-11-19)15-26-24(25-3)28(4)16-20-12-13-21(30-5)14-22(20)31-6/h8-14,17H,7,15-16H2,1-6H3,(H,25,26)(H,27,29). The van der Waals surface area contributed by atoms with Crippen LogP contribution >= 0.6 is 0 Å². The third-order valence-corrected chi connectivity index (χ3v) is 5.13. The Kier molecular flexibility index (Phi) is 9.18. The van der Waals surface area contributed by atoms with Crippen molar-refractivity contribution in [3.8, 4) is 11.5 Å². The Balaban J connectivity index is 1.97. The molecule has 0 aromatic heterocycles. The molecule has 0 spiro atoms. The van der Waals surface area contributed by atoms with E-state index in [1.165, 1.54) is 0 Å². The van der Waals surface area contributed by atoms with Crippen LogP contribution < -0.4 is 20.1 Å². The summed E-state index contributed by atoms with van der Waals surface area (Å²) in [5, 5.41) is 6.35. The van der Waals surface area contributed by atoms with Gasteiger partial charge in [0.05, 0.1) is 14.2 Å². The molecular weight excluding hydrogens is 392 g/mol. The fraction of sp³-hybridized carbons (Fsp3) is 0.417. The number of rotatable bonds is 9. The van der Waals surface area contributed by atoms with Crippen LogP contribution in [0.25, 0.3) is 0 Å². The summed E-state index contributed by atoms with van der Waals surface area (Å²) in [6.07, 6.45) is 0.906. The Labute approximate surface area is 185 Å². The van der Waals surface area contributed by atoms with Crippen molar-refractivity contribution in [3.05, 3.63) is 59.2 Å². The summed E-state index contributed by atoms with van der Waals surface area (Å²) < 4.78 is 10.8. The molecule has 2 rings (SSSR count). The predicted octanol–water partition coefficient (Wildman–Crippen LogP) is 3.44. The maximum absolute atomic E-state index is 12.2. The van der Waals surface area contributed by atoms with Gasteiger partial charge in [0, 0.05) is 50.4 Å². The van der Waals surface area contributed by atoms with E-state index in [0.29, 0.717) is 18.7 Å². The molecule has 0 saturated heterocycles. The van der Waals surface area contributed by atoms with E-state index in [0.717, 1.165) is 35.0 Å². The molecule has 1 unspecified atom stereocenters. The van der Waals surface area contributed by atoms with Crippen molar-refractivity contribution in [1.82, 2.24) is 15.5 Å². The van der Waals surface area contributed by atoms with Crippen LogP contribution in [-0.4, -0.2) is 51.1 Å². The zero-order valence-electron chi connectivity index (χ0n) is 19.4. The lowest BCUT2D eigenvalue weighted by molar-refractivity contribution is 0.0939. The third-order valence-electron chi connectivity index (χ3n) is 5.13. The van der Waals surface area contributed by atoms with Crippen molar-refractivity contribution in [2.24, 2.45) is 4.99 Å². The number of hydrogen-bond acceptors (Lipinski definition) is 4. The molecule has 31 heavy (non-hydrogen) atoms. The van der Waals surface area contributed by atoms with Gasteiger partial charge in [-0.05, 0) is 43.2 Å². The average molecular weight is 427 g/mol. The zero-order valence-corrected chi connectivity index (χ0v) is 19.4. The Morgan fingerprint density at radius 1 is 1.13 bits per heavy atom. The zero-order chi connectivity index (χ0) is 22.8. The highest BCUT2D eigenvalue weighted by molar-refractivity contribution is 5.94. The highest BCUT2D eigenvalue weighted by atomic mass is 16.5. The minimum atomic E-state index is -0.0437. The van der Waals surface area contributed by atoms with E-state index in [1.54, 1.807) is 21.3 Å². The maximum atomic E-state index is 12.2. The molecule has 2 aromatic carbocycles. The number of hydrogen-bond donors (Lipinski definition) is 2. The summed E-state index contributed by atoms with van der Waals surface area (Å²) in [6.45, 7) is 5.28. The number of ether oxygens (including phenoxy) is 2. The van der Waals surface area contributed by atoms with E-state index < -0.39 is 0 Å². The second-order valence-electron chi connectivity index (χ2n) is 7.41. The van der Waals surface area contributed by atoms with Crippen molar-refractivity contribution in [3.63, 3.8) is 0 Å². The number of benzene rings is 2. The van der Waals surface area contributed by atoms with E-state index >= 15 is 0 Å². The Morgan fingerprint density at radius 3 is 2.42 bits per heavy atom. The summed E-state index contributed by atoms with van der Waals surface area (Å²) in [6, 6.07) is 13.6. The third kappa shape index (κ3) is 6.91. The van der Waals surface area contributed by atoms with Crippen molar-refractivity contribution >= 4 is 11.9 Å². The molecule has 2 aromatic rings. The van der Waals surface area contributed by atoms with Crippen LogP contribution in [0.3, 0.4) is 0 Å². The van der Waals surface area contributed by atoms with Gasteiger partial charge >= 0.3 is 0 Å². The number of aliphatic imine (C=N–C) groups is 1. The summed E-state index contributed by atoms with van der Waals surface area (Å²) in [5.74, 6) is 2.24. The van der Waals surface area contributed by atoms with E-state index in [1.807, 2.05) is 68.3 Å². The largest absolute Gasteiger partial charge is 0.497 e. The number of carbonyl (C=O) groups is 1. The normalized spacial score (nSPS) is 12.1. The van der Waals surface area contributed by atoms with E-state index in [-0.39, 0.29) is 11.9 Å². The van der Waals surface area contributed by atoms with Gasteiger partial charge in [-0.15, -0.1) is 0 Å². The molecule has 0 aliphatic carbocycles. The molecule has 7 heteroatoms. The van der Waals surface area contributed by atoms with Crippen molar-refractivity contribution in [2.45, 2.75) is 39.4 Å². The number of nitrogens with one attached hydrogen (secondary N) is 2. The number of amides is 1. The van der Waals surface area contributed by atoms with Gasteiger partial charge in [0.1, 0.15) is 11.5 Å². The highest BCUT2D eigenvalue weighted by Crippen LogP contribution is 2.25. The van der Waals surface area contributed by atoms with Gasteiger partial charge in [-0.25, -0.2) is 0 Å². The van der Waals surface area contributed by atoms with Crippen LogP contribution in [0, 0.1) is 0 Å². The van der Waals surface area contributed by atoms with Gasteiger partial charge in [-0.1, -0.05) is 19.1 Å². The molecule has 1 atom stereocenters. The Bertz CT molecular complexity index is 881. The number of guanidine groups is 1. The fourth-order valence-corrected chi connectivity index (χ4v) is 3.06. The van der Waals surface area contributed by atoms with Gasteiger partial charge in [0.2, 0.25) is 0 Å². The predicted molar refractivity (Wildman–Crippen MR) is 125 cm³/mol. The molecule has 0 radical (unpaired) electrons. The van der Waals surface area contributed by atoms with Crippen LogP contribution in [0.2, 0.25) is 0 Å². The smallest absolute Gasteiger partial charge is 0.251 e. The lowest BCUT2D eigenvalue weighted by atomic mass is 10.1. The molecular formula is C24H34N4O3. The molecule has 0 heterocycles. The quantitative estimate of drug-likeness (QED) is 0.475. The van der Waals surface area contributed by atoms with Crippen LogP contribution in [0.5, 0.6) is 11.5 Å². The molecule has 0 aliphatic rings. The lowest BCUT2D eigenvalue weighted by Crippen LogP contribution is -2.38. The second kappa shape index (κ2) is 11.8. The van der Waals surface area contributed by atoms with Crippen LogP contribution in [0.4, 0.5) is 0 Å². The topological polar surface area (TPSA) is 75.2 Å². The average Bonchev–Trinajstić information content (AvgIpc) is 2.79. The van der Waals surface area contributed by atoms with E-state index in [2.05, 4.69) is 15.6 Å². The van der Waals surface area contributed by atoms with Gasteiger partial charge in [0.25, 0.3) is 5.91 Å². The van der Waals surface area contributed by atoms with Crippen molar-refractivity contribution in [1.29, 1.82) is 0 Å². The van der Waals surface area contributed by atoms with Crippen molar-refractivity contribution in [2.75, 3.05) is 28.3 Å². The van der Waals surface area contributed by atoms with Crippen LogP contribution in [-0.2, 0) is 13.1 Å². The summed E-state index contributed by atoms with van der Waals surface area (Å²) in [4.78, 5) is 18.6. The van der Waals surface area contributed by atoms with Crippen LogP contribution in [0.1, 0.15) is 41.8 Å². The number of nitrogens with zero attached hydrogens (tertiary/aromatic N) is 2. The molecule has 0 bridgehead atoms. The monoisotopic (exact) mass is 426 g/mol. The SMILES string of the molecule is CCC(C)NC(=O)c1ccc(CNC(=NC)N(C)Cc2ccc(OC)cc2OC)cc1. The molecule has 7 nitrogen and oxygen atoms in total. The van der Waals surface area contributed by atoms with Crippen LogP contribution in [0.15, 0.2) is 47.5 Å². The maximum Gasteiger partial charge on any atom is 0.251 e. The Morgan fingerprint density at radius 2 is 1.84 bits per heavy atom. The molecule has 0 saturated carbocycles. The Hall–Kier alpha value is -3.22. The first kappa shape index (κ1) is 24.1. The number of methoxy groups -OCH3 is 2. The molecule has 1 amide bonds. The first-order chi connectivity index (χ1) is 14.9. The first-order valence-electron chi connectivity index (χ1n) is 10.4. The minimum absolute atomic E-state index is 0.0437. The molecule has 168 valence electrons. The first-order valence-corrected chi connectivity index (χ1v) is 10.4. The number of carbonyl (C=O) groups excluding carboxylic acids is 1. The molecule has 0 fully saturated rings. The van der Waals surface area contributed by atoms with Gasteiger partial charge < -0.3 is 25.0 Å². The lowest BCUT2D eigenvalue weighted by Gasteiger charge is -2.23. The van der Waals surface area contributed by atoms with Gasteiger partial charge in [-0.2, -0.15) is 0 Å². The summed E-state index contributed by atoms with van der Waals surface area (Å²) in [5.41, 5.74) is 2.76. The molecule has 0 aliphatic heterocycles. The minimum Gasteiger partial charge on any atom is -0.497 e. The van der Waals surface area contributed by atoms with Gasteiger partial charge in [0.15, 0.2) is 5.96 Å². The summed E-state index contributed by atoms with van der Waals surface area (Å²) in [7, 11) is 7.02. The highest BCUT2D eigenvalue weighted by Gasteiger charge is 2.12. The van der Waals surface area contributed by atoms with E-state index in [4.69, 9.17) is 9.47 Å². The van der Waals surface area contributed by atoms with Crippen molar-refractivity contribution < 1.29 is 14.3 Å². The fourth-order valence-electron chi connectivity index (χ4n) is 3.06. The second-order valence-corrected chi connectivity index (χ2v) is 7.41.